The van der Waals surface area contributed by atoms with Crippen LogP contribution in [0.4, 0.5) is 5.69 Å². The van der Waals surface area contributed by atoms with Gasteiger partial charge in [0.25, 0.3) is 0 Å². The van der Waals surface area contributed by atoms with E-state index in [0.717, 1.165) is 31.4 Å². The van der Waals surface area contributed by atoms with Crippen molar-refractivity contribution in [1.29, 1.82) is 0 Å². The third-order valence-electron chi connectivity index (χ3n) is 4.33. The molecule has 1 aliphatic rings. The fraction of sp³-hybridized carbons (Fsp3) is 0.579. The topological polar surface area (TPSA) is 58.2 Å². The minimum Gasteiger partial charge on any atom is -0.353 e. The molecule has 0 bridgehead atoms. The number of carbonyl (C=O) groups is 2. The summed E-state index contributed by atoms with van der Waals surface area (Å²) in [5.74, 6) is -0.442. The minimum atomic E-state index is -0.262. The molecule has 0 atom stereocenters. The number of hydrogen-bond donors (Lipinski definition) is 2. The summed E-state index contributed by atoms with van der Waals surface area (Å²) < 4.78 is 0. The molecule has 23 heavy (non-hydrogen) atoms. The number of anilines is 1. The molecule has 4 heteroatoms. The van der Waals surface area contributed by atoms with Crippen LogP contribution in [-0.2, 0) is 15.0 Å². The molecule has 1 aliphatic carbocycles. The zero-order chi connectivity index (χ0) is 16.9. The predicted molar refractivity (Wildman–Crippen MR) is 93.4 cm³/mol. The lowest BCUT2D eigenvalue weighted by molar-refractivity contribution is -0.127. The van der Waals surface area contributed by atoms with Crippen LogP contribution in [0.2, 0.25) is 0 Å². The molecular weight excluding hydrogens is 288 g/mol. The molecule has 126 valence electrons. The highest BCUT2D eigenvalue weighted by atomic mass is 16.2. The molecule has 0 saturated heterocycles. The maximum atomic E-state index is 12.0. The van der Waals surface area contributed by atoms with E-state index >= 15 is 0 Å². The van der Waals surface area contributed by atoms with Gasteiger partial charge in [0, 0.05) is 11.7 Å². The highest BCUT2D eigenvalue weighted by Gasteiger charge is 2.18. The maximum Gasteiger partial charge on any atom is 0.233 e. The van der Waals surface area contributed by atoms with Crippen LogP contribution in [0.3, 0.4) is 0 Å². The van der Waals surface area contributed by atoms with Crippen molar-refractivity contribution in [2.75, 3.05) is 5.32 Å². The average molecular weight is 316 g/mol. The van der Waals surface area contributed by atoms with Crippen LogP contribution in [-0.4, -0.2) is 17.9 Å². The van der Waals surface area contributed by atoms with Crippen molar-refractivity contribution in [3.8, 4) is 0 Å². The van der Waals surface area contributed by atoms with E-state index in [2.05, 4.69) is 31.4 Å². The van der Waals surface area contributed by atoms with Gasteiger partial charge in [0.2, 0.25) is 11.8 Å². The Bertz CT molecular complexity index is 537. The highest BCUT2D eigenvalue weighted by Crippen LogP contribution is 2.23. The van der Waals surface area contributed by atoms with E-state index in [1.54, 1.807) is 0 Å². The molecule has 1 aromatic rings. The first-order chi connectivity index (χ1) is 10.8. The van der Waals surface area contributed by atoms with Crippen molar-refractivity contribution in [1.82, 2.24) is 5.32 Å². The van der Waals surface area contributed by atoms with Gasteiger partial charge in [-0.05, 0) is 36.0 Å². The standard InChI is InChI=1S/C19H28N2O2/c1-19(2,3)14-9-11-16(12-10-14)21-18(23)13-17(22)20-15-7-5-4-6-8-15/h9-12,15H,4-8,13H2,1-3H3,(H,20,22)(H,21,23). The summed E-state index contributed by atoms with van der Waals surface area (Å²) in [5, 5.41) is 5.75. The highest BCUT2D eigenvalue weighted by molar-refractivity contribution is 6.03. The third kappa shape index (κ3) is 5.70. The molecule has 0 radical (unpaired) electrons. The van der Waals surface area contributed by atoms with Crippen LogP contribution in [0.15, 0.2) is 24.3 Å². The summed E-state index contributed by atoms with van der Waals surface area (Å²) in [4.78, 5) is 23.9. The monoisotopic (exact) mass is 316 g/mol. The van der Waals surface area contributed by atoms with Crippen LogP contribution in [0.1, 0.15) is 64.9 Å². The second-order valence-electron chi connectivity index (χ2n) is 7.45. The maximum absolute atomic E-state index is 12.0. The molecule has 1 aromatic carbocycles. The number of amides is 2. The average Bonchev–Trinajstić information content (AvgIpc) is 2.47. The van der Waals surface area contributed by atoms with Crippen LogP contribution < -0.4 is 10.6 Å². The molecular formula is C19H28N2O2. The van der Waals surface area contributed by atoms with Gasteiger partial charge in [-0.25, -0.2) is 0 Å². The van der Waals surface area contributed by atoms with Crippen molar-refractivity contribution in [3.05, 3.63) is 29.8 Å². The lowest BCUT2D eigenvalue weighted by Gasteiger charge is -2.22. The second-order valence-corrected chi connectivity index (χ2v) is 7.45. The van der Waals surface area contributed by atoms with Crippen LogP contribution in [0, 0.1) is 0 Å². The summed E-state index contributed by atoms with van der Waals surface area (Å²) in [7, 11) is 0. The number of rotatable bonds is 4. The van der Waals surface area contributed by atoms with E-state index in [0.29, 0.717) is 0 Å². The molecule has 0 aromatic heterocycles. The van der Waals surface area contributed by atoms with Gasteiger partial charge in [0.1, 0.15) is 6.42 Å². The lowest BCUT2D eigenvalue weighted by atomic mass is 9.87. The molecule has 4 nitrogen and oxygen atoms in total. The van der Waals surface area contributed by atoms with E-state index in [4.69, 9.17) is 0 Å². The first kappa shape index (κ1) is 17.5. The van der Waals surface area contributed by atoms with E-state index in [9.17, 15) is 9.59 Å². The van der Waals surface area contributed by atoms with E-state index in [1.165, 1.54) is 12.0 Å². The Balaban J connectivity index is 1.80. The summed E-state index contributed by atoms with van der Waals surface area (Å²) in [6.45, 7) is 6.45. The quantitative estimate of drug-likeness (QED) is 0.831. The van der Waals surface area contributed by atoms with E-state index < -0.39 is 0 Å². The number of nitrogens with one attached hydrogen (secondary N) is 2. The van der Waals surface area contributed by atoms with Gasteiger partial charge in [-0.15, -0.1) is 0 Å². The second kappa shape index (κ2) is 7.62. The van der Waals surface area contributed by atoms with Crippen molar-refractivity contribution < 1.29 is 9.59 Å². The van der Waals surface area contributed by atoms with Crippen molar-refractivity contribution in [2.45, 2.75) is 70.8 Å². The van der Waals surface area contributed by atoms with Crippen LogP contribution in [0.25, 0.3) is 0 Å². The van der Waals surface area contributed by atoms with Crippen molar-refractivity contribution in [3.63, 3.8) is 0 Å². The Morgan fingerprint density at radius 3 is 2.17 bits per heavy atom. The largest absolute Gasteiger partial charge is 0.353 e. The summed E-state index contributed by atoms with van der Waals surface area (Å²) in [6, 6.07) is 8.04. The van der Waals surface area contributed by atoms with Gasteiger partial charge >= 0.3 is 0 Å². The molecule has 1 fully saturated rings. The Morgan fingerprint density at radius 1 is 1.00 bits per heavy atom. The smallest absolute Gasteiger partial charge is 0.233 e. The number of benzene rings is 1. The van der Waals surface area contributed by atoms with Gasteiger partial charge in [0.15, 0.2) is 0 Å². The van der Waals surface area contributed by atoms with Crippen LogP contribution in [0.5, 0.6) is 0 Å². The molecule has 0 aliphatic heterocycles. The van der Waals surface area contributed by atoms with Gasteiger partial charge < -0.3 is 10.6 Å². The zero-order valence-corrected chi connectivity index (χ0v) is 14.4. The lowest BCUT2D eigenvalue weighted by Crippen LogP contribution is -2.37. The van der Waals surface area contributed by atoms with E-state index in [-0.39, 0.29) is 29.7 Å². The third-order valence-corrected chi connectivity index (χ3v) is 4.33. The Morgan fingerprint density at radius 2 is 1.61 bits per heavy atom. The Kier molecular flexibility index (Phi) is 5.80. The fourth-order valence-electron chi connectivity index (χ4n) is 2.93. The molecule has 2 N–H and O–H groups in total. The summed E-state index contributed by atoms with van der Waals surface area (Å²) in [5.41, 5.74) is 2.03. The number of hydrogen-bond acceptors (Lipinski definition) is 2. The zero-order valence-electron chi connectivity index (χ0n) is 14.4. The van der Waals surface area contributed by atoms with Gasteiger partial charge in [0.05, 0.1) is 0 Å². The first-order valence-electron chi connectivity index (χ1n) is 8.54. The van der Waals surface area contributed by atoms with Gasteiger partial charge in [-0.1, -0.05) is 52.2 Å². The molecule has 0 heterocycles. The Hall–Kier alpha value is -1.84. The normalized spacial score (nSPS) is 16.0. The van der Waals surface area contributed by atoms with Crippen molar-refractivity contribution in [2.24, 2.45) is 0 Å². The van der Waals surface area contributed by atoms with Gasteiger partial charge in [-0.2, -0.15) is 0 Å². The minimum absolute atomic E-state index is 0.0857. The Labute approximate surface area is 139 Å². The SMILES string of the molecule is CC(C)(C)c1ccc(NC(=O)CC(=O)NC2CCCCC2)cc1. The van der Waals surface area contributed by atoms with Crippen molar-refractivity contribution >= 4 is 17.5 Å². The summed E-state index contributed by atoms with van der Waals surface area (Å²) in [6.07, 6.45) is 5.52. The first-order valence-corrected chi connectivity index (χ1v) is 8.54. The number of carbonyl (C=O) groups excluding carboxylic acids is 2. The summed E-state index contributed by atoms with van der Waals surface area (Å²) >= 11 is 0. The molecule has 2 rings (SSSR count). The van der Waals surface area contributed by atoms with Gasteiger partial charge in [-0.3, -0.25) is 9.59 Å². The predicted octanol–water partition coefficient (Wildman–Crippen LogP) is 3.76. The molecule has 1 saturated carbocycles. The van der Waals surface area contributed by atoms with Crippen LogP contribution >= 0.6 is 0 Å². The molecule has 0 unspecified atom stereocenters. The molecule has 2 amide bonds. The molecule has 0 spiro atoms. The fourth-order valence-corrected chi connectivity index (χ4v) is 2.93. The van der Waals surface area contributed by atoms with E-state index in [1.807, 2.05) is 24.3 Å².